The van der Waals surface area contributed by atoms with Gasteiger partial charge in [0.1, 0.15) is 11.5 Å². The Hall–Kier alpha value is -2.38. The van der Waals surface area contributed by atoms with Crippen LogP contribution in [0.1, 0.15) is 10.4 Å². The van der Waals surface area contributed by atoms with Gasteiger partial charge in [-0.2, -0.15) is 4.31 Å². The molecule has 1 aliphatic heterocycles. The first kappa shape index (κ1) is 17.4. The van der Waals surface area contributed by atoms with Gasteiger partial charge in [-0.3, -0.25) is 4.79 Å². The summed E-state index contributed by atoms with van der Waals surface area (Å²) in [6.45, 7) is 1.36. The van der Waals surface area contributed by atoms with E-state index in [0.29, 0.717) is 43.2 Å². The molecule has 2 aromatic carbocycles. The van der Waals surface area contributed by atoms with Gasteiger partial charge < -0.3 is 9.64 Å². The van der Waals surface area contributed by atoms with Crippen molar-refractivity contribution in [3.8, 4) is 11.5 Å². The van der Waals surface area contributed by atoms with Crippen LogP contribution >= 0.6 is 0 Å². The van der Waals surface area contributed by atoms with E-state index in [1.807, 2.05) is 36.4 Å². The molecule has 3 rings (SSSR count). The molecule has 1 saturated heterocycles. The third-order valence-electron chi connectivity index (χ3n) is 4.08. The fourth-order valence-corrected chi connectivity index (χ4v) is 3.57. The number of hydrogen-bond donors (Lipinski definition) is 0. The van der Waals surface area contributed by atoms with Crippen molar-refractivity contribution in [2.45, 2.75) is 0 Å². The van der Waals surface area contributed by atoms with Crippen molar-refractivity contribution in [3.63, 3.8) is 0 Å². The molecule has 0 atom stereocenters. The summed E-state index contributed by atoms with van der Waals surface area (Å²) in [7, 11) is -3.22. The molecule has 1 aliphatic rings. The first-order valence-electron chi connectivity index (χ1n) is 8.01. The second kappa shape index (κ2) is 7.25. The molecule has 7 heteroatoms. The van der Waals surface area contributed by atoms with Crippen LogP contribution in [-0.4, -0.2) is 56.0 Å². The third-order valence-corrected chi connectivity index (χ3v) is 5.39. The van der Waals surface area contributed by atoms with Crippen LogP contribution in [0.4, 0.5) is 0 Å². The number of benzene rings is 2. The SMILES string of the molecule is CS(=O)(=O)N1CCN(C(=O)c2ccccc2Oc2ccccc2)CC1. The zero-order valence-electron chi connectivity index (χ0n) is 14.0. The number of carbonyl (C=O) groups is 1. The molecule has 0 spiro atoms. The van der Waals surface area contributed by atoms with Gasteiger partial charge in [-0.05, 0) is 24.3 Å². The Morgan fingerprint density at radius 3 is 2.16 bits per heavy atom. The van der Waals surface area contributed by atoms with E-state index in [1.54, 1.807) is 23.1 Å². The molecule has 0 bridgehead atoms. The number of piperazine rings is 1. The Bertz CT molecular complexity index is 844. The molecular formula is C18H20N2O4S. The molecule has 1 fully saturated rings. The van der Waals surface area contributed by atoms with Gasteiger partial charge in [-0.1, -0.05) is 30.3 Å². The highest BCUT2D eigenvalue weighted by molar-refractivity contribution is 7.88. The van der Waals surface area contributed by atoms with Gasteiger partial charge in [-0.15, -0.1) is 0 Å². The summed E-state index contributed by atoms with van der Waals surface area (Å²) in [6, 6.07) is 16.4. The van der Waals surface area contributed by atoms with Crippen molar-refractivity contribution >= 4 is 15.9 Å². The average molecular weight is 360 g/mol. The topological polar surface area (TPSA) is 66.9 Å². The molecular weight excluding hydrogens is 340 g/mol. The Labute approximate surface area is 147 Å². The number of nitrogens with zero attached hydrogens (tertiary/aromatic N) is 2. The Morgan fingerprint density at radius 2 is 1.52 bits per heavy atom. The van der Waals surface area contributed by atoms with Gasteiger partial charge in [0.2, 0.25) is 10.0 Å². The summed E-state index contributed by atoms with van der Waals surface area (Å²) in [5, 5.41) is 0. The van der Waals surface area contributed by atoms with Crippen molar-refractivity contribution in [2.75, 3.05) is 32.4 Å². The maximum Gasteiger partial charge on any atom is 0.257 e. The number of para-hydroxylation sites is 2. The van der Waals surface area contributed by atoms with Gasteiger partial charge in [0, 0.05) is 26.2 Å². The third kappa shape index (κ3) is 4.18. The molecule has 0 radical (unpaired) electrons. The second-order valence-corrected chi connectivity index (χ2v) is 7.85. The summed E-state index contributed by atoms with van der Waals surface area (Å²) in [4.78, 5) is 14.5. The molecule has 1 amide bonds. The fraction of sp³-hybridized carbons (Fsp3) is 0.278. The van der Waals surface area contributed by atoms with Crippen LogP contribution in [0.25, 0.3) is 0 Å². The highest BCUT2D eigenvalue weighted by atomic mass is 32.2. The largest absolute Gasteiger partial charge is 0.457 e. The Kier molecular flexibility index (Phi) is 5.06. The van der Waals surface area contributed by atoms with Crippen LogP contribution in [0.3, 0.4) is 0 Å². The van der Waals surface area contributed by atoms with E-state index < -0.39 is 10.0 Å². The lowest BCUT2D eigenvalue weighted by Gasteiger charge is -2.33. The first-order valence-corrected chi connectivity index (χ1v) is 9.86. The zero-order valence-corrected chi connectivity index (χ0v) is 14.8. The Balaban J connectivity index is 1.75. The van der Waals surface area contributed by atoms with E-state index in [9.17, 15) is 13.2 Å². The van der Waals surface area contributed by atoms with Crippen LogP contribution < -0.4 is 4.74 Å². The van der Waals surface area contributed by atoms with E-state index in [2.05, 4.69) is 0 Å². The van der Waals surface area contributed by atoms with Gasteiger partial charge in [-0.25, -0.2) is 8.42 Å². The summed E-state index contributed by atoms with van der Waals surface area (Å²) in [6.07, 6.45) is 1.19. The molecule has 0 unspecified atom stereocenters. The van der Waals surface area contributed by atoms with E-state index in [1.165, 1.54) is 10.6 Å². The highest BCUT2D eigenvalue weighted by Crippen LogP contribution is 2.26. The monoisotopic (exact) mass is 360 g/mol. The molecule has 0 aromatic heterocycles. The molecule has 0 N–H and O–H groups in total. The second-order valence-electron chi connectivity index (χ2n) is 5.87. The number of carbonyl (C=O) groups excluding carboxylic acids is 1. The van der Waals surface area contributed by atoms with Crippen LogP contribution in [0.2, 0.25) is 0 Å². The minimum absolute atomic E-state index is 0.153. The van der Waals surface area contributed by atoms with Crippen LogP contribution in [-0.2, 0) is 10.0 Å². The van der Waals surface area contributed by atoms with Crippen LogP contribution in [0.15, 0.2) is 54.6 Å². The van der Waals surface area contributed by atoms with Gasteiger partial charge >= 0.3 is 0 Å². The molecule has 1 heterocycles. The number of ether oxygens (including phenoxy) is 1. The summed E-state index contributed by atoms with van der Waals surface area (Å²) in [5.74, 6) is 0.994. The van der Waals surface area contributed by atoms with Crippen molar-refractivity contribution in [1.82, 2.24) is 9.21 Å². The van der Waals surface area contributed by atoms with Crippen LogP contribution in [0.5, 0.6) is 11.5 Å². The molecule has 6 nitrogen and oxygen atoms in total. The summed E-state index contributed by atoms with van der Waals surface area (Å²) >= 11 is 0. The lowest BCUT2D eigenvalue weighted by atomic mass is 10.1. The number of amides is 1. The lowest BCUT2D eigenvalue weighted by molar-refractivity contribution is 0.0695. The standard InChI is InChI=1S/C18H20N2O4S/c1-25(22,23)20-13-11-19(12-14-20)18(21)16-9-5-6-10-17(16)24-15-7-3-2-4-8-15/h2-10H,11-14H2,1H3. The van der Waals surface area contributed by atoms with E-state index >= 15 is 0 Å². The van der Waals surface area contributed by atoms with Crippen molar-refractivity contribution in [3.05, 3.63) is 60.2 Å². The van der Waals surface area contributed by atoms with Gasteiger partial charge in [0.25, 0.3) is 5.91 Å². The predicted molar refractivity (Wildman–Crippen MR) is 95.3 cm³/mol. The molecule has 132 valence electrons. The predicted octanol–water partition coefficient (Wildman–Crippen LogP) is 2.20. The maximum absolute atomic E-state index is 12.8. The minimum atomic E-state index is -3.22. The number of hydrogen-bond acceptors (Lipinski definition) is 4. The summed E-state index contributed by atoms with van der Waals surface area (Å²) < 4.78 is 30.4. The normalized spacial score (nSPS) is 15.8. The average Bonchev–Trinajstić information content (AvgIpc) is 2.62. The number of rotatable bonds is 4. The van der Waals surface area contributed by atoms with Crippen molar-refractivity contribution in [2.24, 2.45) is 0 Å². The smallest absolute Gasteiger partial charge is 0.257 e. The van der Waals surface area contributed by atoms with Crippen LogP contribution in [0, 0.1) is 0 Å². The highest BCUT2D eigenvalue weighted by Gasteiger charge is 2.27. The summed E-state index contributed by atoms with van der Waals surface area (Å²) in [5.41, 5.74) is 0.471. The van der Waals surface area contributed by atoms with Crippen molar-refractivity contribution in [1.29, 1.82) is 0 Å². The zero-order chi connectivity index (χ0) is 17.9. The van der Waals surface area contributed by atoms with Gasteiger partial charge in [0.15, 0.2) is 0 Å². The fourth-order valence-electron chi connectivity index (χ4n) is 2.74. The first-order chi connectivity index (χ1) is 11.9. The molecule has 0 saturated carbocycles. The van der Waals surface area contributed by atoms with E-state index in [4.69, 9.17) is 4.74 Å². The molecule has 25 heavy (non-hydrogen) atoms. The Morgan fingerprint density at radius 1 is 0.920 bits per heavy atom. The number of sulfonamides is 1. The quantitative estimate of drug-likeness (QED) is 0.838. The molecule has 0 aliphatic carbocycles. The van der Waals surface area contributed by atoms with Crippen molar-refractivity contribution < 1.29 is 17.9 Å². The lowest BCUT2D eigenvalue weighted by Crippen LogP contribution is -2.50. The molecule has 2 aromatic rings. The van der Waals surface area contributed by atoms with E-state index in [-0.39, 0.29) is 5.91 Å². The maximum atomic E-state index is 12.8. The minimum Gasteiger partial charge on any atom is -0.457 e. The van der Waals surface area contributed by atoms with E-state index in [0.717, 1.165) is 0 Å². The van der Waals surface area contributed by atoms with Gasteiger partial charge in [0.05, 0.1) is 11.8 Å².